The topological polar surface area (TPSA) is 66.8 Å². The number of hydrogen-bond donors (Lipinski definition) is 2. The zero-order chi connectivity index (χ0) is 33.2. The summed E-state index contributed by atoms with van der Waals surface area (Å²) in [4.78, 5) is 13.0. The Kier molecular flexibility index (Phi) is 8.81. The molecule has 9 atom stereocenters. The van der Waals surface area contributed by atoms with Gasteiger partial charge in [0.25, 0.3) is 0 Å². The predicted octanol–water partition coefficient (Wildman–Crippen LogP) is 10.1. The molecule has 0 spiro atoms. The van der Waals surface area contributed by atoms with E-state index in [0.29, 0.717) is 23.7 Å². The average molecular weight is 619 g/mol. The largest absolute Gasteiger partial charge is 0.508 e. The van der Waals surface area contributed by atoms with E-state index in [4.69, 9.17) is 4.74 Å². The molecule has 1 aromatic carbocycles. The van der Waals surface area contributed by atoms with Crippen LogP contribution >= 0.6 is 0 Å². The lowest BCUT2D eigenvalue weighted by atomic mass is 9.33. The van der Waals surface area contributed by atoms with Gasteiger partial charge < -0.3 is 14.9 Å². The molecular weight excluding hydrogens is 556 g/mol. The number of hydrogen-bond acceptors (Lipinski definition) is 4. The first-order chi connectivity index (χ1) is 20.8. The van der Waals surface area contributed by atoms with Gasteiger partial charge in [0.2, 0.25) is 0 Å². The highest BCUT2D eigenvalue weighted by molar-refractivity contribution is 5.87. The third kappa shape index (κ3) is 5.43. The van der Waals surface area contributed by atoms with Crippen LogP contribution in [-0.2, 0) is 9.53 Å². The van der Waals surface area contributed by atoms with Gasteiger partial charge in [0.15, 0.2) is 0 Å². The van der Waals surface area contributed by atoms with Crippen LogP contribution < -0.4 is 0 Å². The summed E-state index contributed by atoms with van der Waals surface area (Å²) in [6, 6.07) is 6.84. The zero-order valence-electron chi connectivity index (χ0n) is 29.8. The van der Waals surface area contributed by atoms with Crippen molar-refractivity contribution >= 4 is 12.0 Å². The number of benzene rings is 1. The van der Waals surface area contributed by atoms with Crippen LogP contribution in [0.4, 0.5) is 0 Å². The lowest BCUT2D eigenvalue weighted by Gasteiger charge is -2.72. The molecule has 1 aromatic rings. The van der Waals surface area contributed by atoms with Crippen molar-refractivity contribution in [3.05, 3.63) is 48.1 Å². The fraction of sp³-hybridized carbons (Fsp3) is 0.732. The molecule has 4 fully saturated rings. The number of aliphatic hydroxyl groups is 1. The highest BCUT2D eigenvalue weighted by Gasteiger charge is 2.73. The first-order valence-electron chi connectivity index (χ1n) is 17.9. The van der Waals surface area contributed by atoms with Crippen molar-refractivity contribution < 1.29 is 19.7 Å². The maximum absolute atomic E-state index is 13.0. The van der Waals surface area contributed by atoms with E-state index in [1.165, 1.54) is 37.3 Å². The highest BCUT2D eigenvalue weighted by atomic mass is 16.5. The Bertz CT molecular complexity index is 1310. The molecule has 0 saturated heterocycles. The molecule has 0 aliphatic heterocycles. The first kappa shape index (κ1) is 34.3. The summed E-state index contributed by atoms with van der Waals surface area (Å²) in [6.45, 7) is 25.9. The van der Waals surface area contributed by atoms with Gasteiger partial charge in [-0.15, -0.1) is 0 Å². The molecule has 4 saturated carbocycles. The first-order valence-corrected chi connectivity index (χ1v) is 17.9. The second-order valence-corrected chi connectivity index (χ2v) is 17.8. The maximum Gasteiger partial charge on any atom is 0.331 e. The fourth-order valence-electron chi connectivity index (χ4n) is 12.1. The Morgan fingerprint density at radius 2 is 1.58 bits per heavy atom. The van der Waals surface area contributed by atoms with Crippen LogP contribution in [0.25, 0.3) is 6.08 Å². The molecule has 4 nitrogen and oxygen atoms in total. The Morgan fingerprint density at radius 1 is 0.956 bits per heavy atom. The monoisotopic (exact) mass is 618 g/mol. The molecule has 45 heavy (non-hydrogen) atoms. The minimum absolute atomic E-state index is 0.104. The predicted molar refractivity (Wildman–Crippen MR) is 184 cm³/mol. The van der Waals surface area contributed by atoms with Crippen molar-refractivity contribution in [1.82, 2.24) is 0 Å². The van der Waals surface area contributed by atoms with Crippen molar-refractivity contribution in [2.75, 3.05) is 0 Å². The number of carbonyl (C=O) groups excluding carboxylic acids is 1. The van der Waals surface area contributed by atoms with Gasteiger partial charge in [-0.05, 0) is 140 Å². The van der Waals surface area contributed by atoms with Gasteiger partial charge in [-0.25, -0.2) is 4.79 Å². The van der Waals surface area contributed by atoms with E-state index in [1.54, 1.807) is 30.3 Å². The molecule has 0 heterocycles. The van der Waals surface area contributed by atoms with Crippen LogP contribution in [0.5, 0.6) is 5.75 Å². The molecule has 2 N–H and O–H groups in total. The zero-order valence-corrected chi connectivity index (χ0v) is 29.8. The lowest BCUT2D eigenvalue weighted by molar-refractivity contribution is -0.248. The fourth-order valence-corrected chi connectivity index (χ4v) is 12.1. The van der Waals surface area contributed by atoms with E-state index in [1.807, 2.05) is 0 Å². The molecule has 250 valence electrons. The van der Waals surface area contributed by atoms with E-state index < -0.39 is 5.60 Å². The van der Waals surface area contributed by atoms with Gasteiger partial charge in [-0.2, -0.15) is 0 Å². The standard InChI is InChI=1S/C41H62O4/c1-27(2)28(3)17-25-40(9,44)33-20-26-41(10)38(7)23-18-31-36(4,5)34(21-22-37(31,6)32(38)19-24-39(33,41)8)45-35(43)16-13-29-11-14-30(42)15-12-29/h11-16,27,31-34,42,44H,3,17-26H2,1-2,4-10H3/b16-13+/t31?,32-,33+,34+,37+,38-,39-,40+,41+/m1/s1. The number of phenolic OH excluding ortho intramolecular Hbond substituents is 1. The summed E-state index contributed by atoms with van der Waals surface area (Å²) in [6.07, 6.45) is 14.0. The maximum atomic E-state index is 13.0. The number of rotatable bonds is 8. The van der Waals surface area contributed by atoms with E-state index in [0.717, 1.165) is 44.1 Å². The van der Waals surface area contributed by atoms with Gasteiger partial charge >= 0.3 is 5.97 Å². The molecule has 1 unspecified atom stereocenters. The quantitative estimate of drug-likeness (QED) is 0.173. The second-order valence-electron chi connectivity index (χ2n) is 17.8. The van der Waals surface area contributed by atoms with Crippen molar-refractivity contribution in [1.29, 1.82) is 0 Å². The molecular formula is C41H62O4. The number of allylic oxidation sites excluding steroid dienone is 1. The van der Waals surface area contributed by atoms with Crippen LogP contribution in [0.15, 0.2) is 42.5 Å². The SMILES string of the molecule is C=C(CC[C@](C)(O)[C@H]1CC[C@]2(C)[C@]1(C)CC[C@@H]1[C@@]3(C)CC[C@H](OC(=O)/C=C/c4ccc(O)cc4)C(C)(C)C3CC[C@]12C)C(C)C. The molecule has 4 heteroatoms. The van der Waals surface area contributed by atoms with Crippen molar-refractivity contribution in [3.8, 4) is 5.75 Å². The molecule has 0 radical (unpaired) electrons. The Morgan fingerprint density at radius 3 is 2.22 bits per heavy atom. The third-order valence-electron chi connectivity index (χ3n) is 15.2. The van der Waals surface area contributed by atoms with Crippen LogP contribution in [0.1, 0.15) is 132 Å². The molecule has 0 bridgehead atoms. The summed E-state index contributed by atoms with van der Waals surface area (Å²) in [5, 5.41) is 21.6. The van der Waals surface area contributed by atoms with E-state index in [9.17, 15) is 15.0 Å². The van der Waals surface area contributed by atoms with Crippen molar-refractivity contribution in [3.63, 3.8) is 0 Å². The second kappa shape index (κ2) is 11.6. The summed E-state index contributed by atoms with van der Waals surface area (Å²) in [5.41, 5.74) is 2.00. The van der Waals surface area contributed by atoms with E-state index >= 15 is 0 Å². The molecule has 0 aromatic heterocycles. The van der Waals surface area contributed by atoms with E-state index in [-0.39, 0.29) is 44.9 Å². The molecule has 0 amide bonds. The number of ether oxygens (including phenoxy) is 1. The number of fused-ring (bicyclic) bond motifs is 5. The summed E-state index contributed by atoms with van der Waals surface area (Å²) >= 11 is 0. The van der Waals surface area contributed by atoms with Gasteiger partial charge in [0, 0.05) is 11.5 Å². The normalized spacial score (nSPS) is 40.3. The number of phenols is 1. The molecule has 5 rings (SSSR count). The molecule has 4 aliphatic carbocycles. The Balaban J connectivity index is 1.34. The van der Waals surface area contributed by atoms with Crippen molar-refractivity contribution in [2.24, 2.45) is 50.7 Å². The summed E-state index contributed by atoms with van der Waals surface area (Å²) in [7, 11) is 0. The number of carbonyl (C=O) groups is 1. The average Bonchev–Trinajstić information content (AvgIpc) is 3.25. The Labute approximate surface area is 274 Å². The minimum Gasteiger partial charge on any atom is -0.508 e. The third-order valence-corrected chi connectivity index (χ3v) is 15.2. The summed E-state index contributed by atoms with van der Waals surface area (Å²) in [5.74, 6) is 1.81. The Hall–Kier alpha value is -2.07. The molecule has 4 aliphatic rings. The number of aromatic hydroxyl groups is 1. The minimum atomic E-state index is -0.685. The van der Waals surface area contributed by atoms with Gasteiger partial charge in [-0.1, -0.05) is 79.7 Å². The van der Waals surface area contributed by atoms with Crippen LogP contribution in [0.3, 0.4) is 0 Å². The van der Waals surface area contributed by atoms with Crippen LogP contribution in [-0.4, -0.2) is 27.9 Å². The summed E-state index contributed by atoms with van der Waals surface area (Å²) < 4.78 is 6.21. The van der Waals surface area contributed by atoms with Crippen LogP contribution in [0.2, 0.25) is 0 Å². The van der Waals surface area contributed by atoms with Gasteiger partial charge in [0.1, 0.15) is 11.9 Å². The van der Waals surface area contributed by atoms with Crippen LogP contribution in [0, 0.1) is 50.7 Å². The van der Waals surface area contributed by atoms with Gasteiger partial charge in [0.05, 0.1) is 5.60 Å². The van der Waals surface area contributed by atoms with Crippen molar-refractivity contribution in [2.45, 2.75) is 138 Å². The number of esters is 1. The van der Waals surface area contributed by atoms with E-state index in [2.05, 4.69) is 68.9 Å². The highest BCUT2D eigenvalue weighted by Crippen LogP contribution is 2.79. The smallest absolute Gasteiger partial charge is 0.331 e. The lowest BCUT2D eigenvalue weighted by Crippen LogP contribution is -2.66. The van der Waals surface area contributed by atoms with Gasteiger partial charge in [-0.3, -0.25) is 0 Å².